The lowest BCUT2D eigenvalue weighted by atomic mass is 9.95. The second-order valence-corrected chi connectivity index (χ2v) is 7.47. The number of carbonyl (C=O) groups is 2. The van der Waals surface area contributed by atoms with Crippen molar-refractivity contribution in [2.45, 2.75) is 38.5 Å². The zero-order valence-electron chi connectivity index (χ0n) is 19.4. The smallest absolute Gasteiger partial charge is 0.417 e. The van der Waals surface area contributed by atoms with E-state index in [1.54, 1.807) is 6.07 Å². The molecule has 2 aromatic carbocycles. The van der Waals surface area contributed by atoms with Gasteiger partial charge in [0.25, 0.3) is 0 Å². The van der Waals surface area contributed by atoms with E-state index >= 15 is 0 Å². The number of nitrogens with zero attached hydrogens (tertiary/aromatic N) is 1. The van der Waals surface area contributed by atoms with E-state index in [1.165, 1.54) is 25.1 Å². The molecule has 0 aromatic heterocycles. The summed E-state index contributed by atoms with van der Waals surface area (Å²) in [5.41, 5.74) is -5.60. The number of rotatable bonds is 10. The number of hydrogen-bond acceptors (Lipinski definition) is 8. The van der Waals surface area contributed by atoms with Crippen LogP contribution >= 0.6 is 0 Å². The Morgan fingerprint density at radius 3 is 2.31 bits per heavy atom. The van der Waals surface area contributed by atoms with Crippen LogP contribution in [0.1, 0.15) is 48.2 Å². The number of hydrogen-bond donors (Lipinski definition) is 0. The number of benzene rings is 2. The summed E-state index contributed by atoms with van der Waals surface area (Å²) in [6, 6.07) is 6.66. The Labute approximate surface area is 198 Å². The van der Waals surface area contributed by atoms with Crippen LogP contribution in [0.25, 0.3) is 0 Å². The minimum atomic E-state index is -5.09. The van der Waals surface area contributed by atoms with Crippen molar-refractivity contribution in [3.63, 3.8) is 0 Å². The highest BCUT2D eigenvalue weighted by Crippen LogP contribution is 2.42. The van der Waals surface area contributed by atoms with Gasteiger partial charge in [0, 0.05) is 17.7 Å². The van der Waals surface area contributed by atoms with Gasteiger partial charge < -0.3 is 18.9 Å². The fourth-order valence-electron chi connectivity index (χ4n) is 3.16. The molecule has 2 aromatic rings. The van der Waals surface area contributed by atoms with Gasteiger partial charge in [0.05, 0.1) is 36.9 Å². The number of nitro groups is 1. The van der Waals surface area contributed by atoms with Gasteiger partial charge in [0.2, 0.25) is 5.60 Å². The lowest BCUT2D eigenvalue weighted by Gasteiger charge is -2.29. The zero-order chi connectivity index (χ0) is 26.4. The molecule has 9 nitrogen and oxygen atoms in total. The Hall–Kier alpha value is -3.83. The van der Waals surface area contributed by atoms with Crippen molar-refractivity contribution >= 4 is 17.6 Å². The van der Waals surface area contributed by atoms with Crippen molar-refractivity contribution < 1.29 is 46.6 Å². The minimum absolute atomic E-state index is 0.109. The van der Waals surface area contributed by atoms with Crippen molar-refractivity contribution in [2.24, 2.45) is 0 Å². The van der Waals surface area contributed by atoms with Gasteiger partial charge >= 0.3 is 23.8 Å². The van der Waals surface area contributed by atoms with Gasteiger partial charge in [0.15, 0.2) is 5.75 Å². The van der Waals surface area contributed by atoms with Crippen LogP contribution in [0.2, 0.25) is 0 Å². The fourth-order valence-corrected chi connectivity index (χ4v) is 3.16. The second kappa shape index (κ2) is 11.1. The molecule has 0 heterocycles. The number of unbranched alkanes of at least 4 members (excludes halogenated alkanes) is 1. The summed E-state index contributed by atoms with van der Waals surface area (Å²) in [6.07, 6.45) is -3.46. The van der Waals surface area contributed by atoms with Gasteiger partial charge in [-0.15, -0.1) is 0 Å². The van der Waals surface area contributed by atoms with Crippen LogP contribution in [0.5, 0.6) is 11.5 Å². The molecule has 0 radical (unpaired) electrons. The van der Waals surface area contributed by atoms with E-state index in [0.717, 1.165) is 27.1 Å². The van der Waals surface area contributed by atoms with Gasteiger partial charge in [-0.25, -0.2) is 9.59 Å². The van der Waals surface area contributed by atoms with Gasteiger partial charge in [-0.05, 0) is 25.5 Å². The molecule has 0 aliphatic rings. The number of esters is 2. The molecule has 190 valence electrons. The standard InChI is InChI=1S/C23H24F3NO8/c1-5-6-10-34-15-9-7-8-14(11-15)22(2,21(29)33-4)35-19-13-17(23(24,25)26)16(20(28)32-3)12-18(19)27(30)31/h7-9,11-13H,5-6,10H2,1-4H3. The van der Waals surface area contributed by atoms with Crippen molar-refractivity contribution in [1.29, 1.82) is 0 Å². The first-order valence-corrected chi connectivity index (χ1v) is 10.4. The average Bonchev–Trinajstić information content (AvgIpc) is 2.82. The topological polar surface area (TPSA) is 114 Å². The van der Waals surface area contributed by atoms with Crippen LogP contribution in [0.15, 0.2) is 36.4 Å². The highest BCUT2D eigenvalue weighted by Gasteiger charge is 2.44. The summed E-state index contributed by atoms with van der Waals surface area (Å²) in [6.45, 7) is 3.54. The molecule has 0 saturated heterocycles. The maximum Gasteiger partial charge on any atom is 0.417 e. The predicted molar refractivity (Wildman–Crippen MR) is 116 cm³/mol. The van der Waals surface area contributed by atoms with Crippen molar-refractivity contribution in [3.8, 4) is 11.5 Å². The van der Waals surface area contributed by atoms with Gasteiger partial charge in [0.1, 0.15) is 5.75 Å². The first-order chi connectivity index (χ1) is 16.4. The Balaban J connectivity index is 2.69. The number of carbonyl (C=O) groups excluding carboxylic acids is 2. The van der Waals surface area contributed by atoms with E-state index in [4.69, 9.17) is 14.2 Å². The molecule has 0 aliphatic heterocycles. The summed E-state index contributed by atoms with van der Waals surface area (Å²) in [5, 5.41) is 11.7. The minimum Gasteiger partial charge on any atom is -0.494 e. The highest BCUT2D eigenvalue weighted by molar-refractivity contribution is 5.93. The third-order valence-electron chi connectivity index (χ3n) is 5.05. The van der Waals surface area contributed by atoms with E-state index in [0.29, 0.717) is 18.4 Å². The van der Waals surface area contributed by atoms with Crippen LogP contribution in [0.3, 0.4) is 0 Å². The Bertz CT molecular complexity index is 1100. The van der Waals surface area contributed by atoms with Gasteiger partial charge in [-0.1, -0.05) is 25.5 Å². The average molecular weight is 499 g/mol. The fraction of sp³-hybridized carbons (Fsp3) is 0.391. The molecule has 12 heteroatoms. The molecule has 0 aliphatic carbocycles. The molecule has 35 heavy (non-hydrogen) atoms. The number of halogens is 3. The number of nitro benzene ring substituents is 1. The Morgan fingerprint density at radius 1 is 1.09 bits per heavy atom. The summed E-state index contributed by atoms with van der Waals surface area (Å²) < 4.78 is 61.4. The highest BCUT2D eigenvalue weighted by atomic mass is 19.4. The normalized spacial score (nSPS) is 12.9. The SMILES string of the molecule is CCCCOc1cccc(C(C)(Oc2cc(C(F)(F)F)c(C(=O)OC)cc2[N+](=O)[O-])C(=O)OC)c1. The number of methoxy groups -OCH3 is 2. The Kier molecular flexibility index (Phi) is 8.67. The molecule has 0 fully saturated rings. The molecule has 1 atom stereocenters. The molecule has 1 unspecified atom stereocenters. The molecule has 0 amide bonds. The van der Waals surface area contributed by atoms with E-state index in [1.807, 2.05) is 6.92 Å². The van der Waals surface area contributed by atoms with Crippen LogP contribution < -0.4 is 9.47 Å². The van der Waals surface area contributed by atoms with Crippen molar-refractivity contribution in [1.82, 2.24) is 0 Å². The third kappa shape index (κ3) is 6.19. The second-order valence-electron chi connectivity index (χ2n) is 7.47. The Morgan fingerprint density at radius 2 is 1.77 bits per heavy atom. The van der Waals surface area contributed by atoms with Crippen molar-refractivity contribution in [3.05, 3.63) is 63.2 Å². The van der Waals surface area contributed by atoms with Crippen LogP contribution in [-0.2, 0) is 26.0 Å². The molecular formula is C23H24F3NO8. The van der Waals surface area contributed by atoms with E-state index in [9.17, 15) is 32.9 Å². The van der Waals surface area contributed by atoms with Crippen molar-refractivity contribution in [2.75, 3.05) is 20.8 Å². The zero-order valence-corrected chi connectivity index (χ0v) is 19.4. The molecule has 0 saturated carbocycles. The maximum atomic E-state index is 13.7. The lowest BCUT2D eigenvalue weighted by molar-refractivity contribution is -0.386. The maximum absolute atomic E-state index is 13.7. The molecule has 0 spiro atoms. The number of alkyl halides is 3. The molecule has 2 rings (SSSR count). The lowest BCUT2D eigenvalue weighted by Crippen LogP contribution is -2.40. The van der Waals surface area contributed by atoms with Crippen LogP contribution in [-0.4, -0.2) is 37.7 Å². The van der Waals surface area contributed by atoms with Gasteiger partial charge in [-0.3, -0.25) is 10.1 Å². The third-order valence-corrected chi connectivity index (χ3v) is 5.05. The first kappa shape index (κ1) is 27.4. The first-order valence-electron chi connectivity index (χ1n) is 10.4. The summed E-state index contributed by atoms with van der Waals surface area (Å²) >= 11 is 0. The van der Waals surface area contributed by atoms with E-state index in [2.05, 4.69) is 4.74 Å². The van der Waals surface area contributed by atoms with Crippen LogP contribution in [0.4, 0.5) is 18.9 Å². The largest absolute Gasteiger partial charge is 0.494 e. The monoisotopic (exact) mass is 499 g/mol. The predicted octanol–water partition coefficient (Wildman–Crippen LogP) is 5.05. The summed E-state index contributed by atoms with van der Waals surface area (Å²) in [5.74, 6) is -3.02. The molecule has 0 bridgehead atoms. The molecular weight excluding hydrogens is 475 g/mol. The quantitative estimate of drug-likeness (QED) is 0.193. The van der Waals surface area contributed by atoms with E-state index < -0.39 is 51.2 Å². The molecule has 0 N–H and O–H groups in total. The summed E-state index contributed by atoms with van der Waals surface area (Å²) in [7, 11) is 1.87. The van der Waals surface area contributed by atoms with E-state index in [-0.39, 0.29) is 11.6 Å². The summed E-state index contributed by atoms with van der Waals surface area (Å²) in [4.78, 5) is 35.3. The van der Waals surface area contributed by atoms with Crippen LogP contribution in [0, 0.1) is 10.1 Å². The number of ether oxygens (including phenoxy) is 4. The van der Waals surface area contributed by atoms with Gasteiger partial charge in [-0.2, -0.15) is 13.2 Å².